The molecule has 3 rings (SSSR count). The van der Waals surface area contributed by atoms with Gasteiger partial charge in [-0.2, -0.15) is 0 Å². The van der Waals surface area contributed by atoms with Crippen LogP contribution >= 0.6 is 0 Å². The summed E-state index contributed by atoms with van der Waals surface area (Å²) < 4.78 is 55.6. The first kappa shape index (κ1) is 19.7. The van der Waals surface area contributed by atoms with E-state index in [1.54, 1.807) is 12.1 Å². The maximum absolute atomic E-state index is 14.3. The smallest absolute Gasteiger partial charge is 0.405 e. The van der Waals surface area contributed by atoms with Crippen LogP contribution in [0.15, 0.2) is 48.5 Å². The summed E-state index contributed by atoms with van der Waals surface area (Å²) in [6, 6.07) is 9.96. The van der Waals surface area contributed by atoms with E-state index in [4.69, 9.17) is 0 Å². The van der Waals surface area contributed by atoms with E-state index in [1.807, 2.05) is 4.90 Å². The lowest BCUT2D eigenvalue weighted by atomic mass is 10.2. The first-order chi connectivity index (χ1) is 13.3. The van der Waals surface area contributed by atoms with E-state index in [0.717, 1.165) is 38.1 Å². The molecule has 0 unspecified atom stereocenters. The SMILES string of the molecule is O=C(/C=C/c1ccccc1OC(F)(F)F)Nc1c(F)cccc1N1CCCC1. The molecule has 148 valence electrons. The Morgan fingerprint density at radius 2 is 1.79 bits per heavy atom. The van der Waals surface area contributed by atoms with Crippen molar-refractivity contribution in [2.75, 3.05) is 23.3 Å². The molecule has 1 aliphatic rings. The van der Waals surface area contributed by atoms with Crippen molar-refractivity contribution in [2.45, 2.75) is 19.2 Å². The molecule has 2 aromatic carbocycles. The van der Waals surface area contributed by atoms with Crippen LogP contribution in [0.1, 0.15) is 18.4 Å². The van der Waals surface area contributed by atoms with Gasteiger partial charge in [-0.1, -0.05) is 24.3 Å². The predicted octanol–water partition coefficient (Wildman–Crippen LogP) is 4.98. The zero-order valence-electron chi connectivity index (χ0n) is 14.8. The quantitative estimate of drug-likeness (QED) is 0.575. The highest BCUT2D eigenvalue weighted by Gasteiger charge is 2.31. The van der Waals surface area contributed by atoms with Crippen molar-refractivity contribution in [3.05, 3.63) is 59.9 Å². The monoisotopic (exact) mass is 394 g/mol. The van der Waals surface area contributed by atoms with Crippen LogP contribution in [0.2, 0.25) is 0 Å². The third kappa shape index (κ3) is 5.03. The summed E-state index contributed by atoms with van der Waals surface area (Å²) in [6.45, 7) is 1.54. The van der Waals surface area contributed by atoms with Gasteiger partial charge in [0.15, 0.2) is 0 Å². The third-order valence-electron chi connectivity index (χ3n) is 4.25. The van der Waals surface area contributed by atoms with Crippen molar-refractivity contribution in [1.29, 1.82) is 0 Å². The number of anilines is 2. The molecule has 8 heteroatoms. The molecule has 1 N–H and O–H groups in total. The van der Waals surface area contributed by atoms with Gasteiger partial charge in [-0.3, -0.25) is 4.79 Å². The number of para-hydroxylation sites is 2. The van der Waals surface area contributed by atoms with Gasteiger partial charge in [0, 0.05) is 24.7 Å². The van der Waals surface area contributed by atoms with Crippen molar-refractivity contribution < 1.29 is 27.1 Å². The lowest BCUT2D eigenvalue weighted by molar-refractivity contribution is -0.274. The minimum absolute atomic E-state index is 0.0545. The van der Waals surface area contributed by atoms with Gasteiger partial charge in [0.1, 0.15) is 17.3 Å². The molecule has 1 fully saturated rings. The predicted molar refractivity (Wildman–Crippen MR) is 98.6 cm³/mol. The summed E-state index contributed by atoms with van der Waals surface area (Å²) in [6.07, 6.45) is -0.644. The Balaban J connectivity index is 1.77. The molecule has 1 amide bonds. The number of amides is 1. The van der Waals surface area contributed by atoms with Gasteiger partial charge in [-0.25, -0.2) is 4.39 Å². The number of hydrogen-bond donors (Lipinski definition) is 1. The molecule has 0 bridgehead atoms. The van der Waals surface area contributed by atoms with Gasteiger partial charge in [0.05, 0.1) is 5.69 Å². The Morgan fingerprint density at radius 3 is 2.50 bits per heavy atom. The van der Waals surface area contributed by atoms with Gasteiger partial charge >= 0.3 is 6.36 Å². The average Bonchev–Trinajstić information content (AvgIpc) is 3.16. The first-order valence-corrected chi connectivity index (χ1v) is 8.71. The summed E-state index contributed by atoms with van der Waals surface area (Å²) >= 11 is 0. The summed E-state index contributed by atoms with van der Waals surface area (Å²) in [5.41, 5.74) is 0.710. The standard InChI is InChI=1S/C20H18F4N2O2/c21-15-7-5-8-16(26-12-3-4-13-26)19(15)25-18(27)11-10-14-6-1-2-9-17(14)28-20(22,23)24/h1-2,5-11H,3-4,12-13H2,(H,25,27)/b11-10+. The molecule has 0 spiro atoms. The Labute approximate surface area is 159 Å². The molecule has 1 saturated heterocycles. The van der Waals surface area contributed by atoms with Crippen molar-refractivity contribution in [2.24, 2.45) is 0 Å². The topological polar surface area (TPSA) is 41.6 Å². The molecule has 4 nitrogen and oxygen atoms in total. The fraction of sp³-hybridized carbons (Fsp3) is 0.250. The van der Waals surface area contributed by atoms with Crippen LogP contribution in [0.5, 0.6) is 5.75 Å². The number of hydrogen-bond acceptors (Lipinski definition) is 3. The van der Waals surface area contributed by atoms with Crippen molar-refractivity contribution >= 4 is 23.4 Å². The van der Waals surface area contributed by atoms with Crippen LogP contribution in [0.4, 0.5) is 28.9 Å². The Hall–Kier alpha value is -3.03. The van der Waals surface area contributed by atoms with Gasteiger partial charge in [0.25, 0.3) is 0 Å². The molecule has 28 heavy (non-hydrogen) atoms. The van der Waals surface area contributed by atoms with E-state index >= 15 is 0 Å². The second-order valence-electron chi connectivity index (χ2n) is 6.24. The van der Waals surface area contributed by atoms with E-state index in [1.165, 1.54) is 30.3 Å². The summed E-state index contributed by atoms with van der Waals surface area (Å²) in [5.74, 6) is -1.66. The second-order valence-corrected chi connectivity index (χ2v) is 6.24. The van der Waals surface area contributed by atoms with Gasteiger partial charge in [0.2, 0.25) is 5.91 Å². The fourth-order valence-electron chi connectivity index (χ4n) is 3.02. The zero-order valence-corrected chi connectivity index (χ0v) is 14.8. The maximum atomic E-state index is 14.3. The van der Waals surface area contributed by atoms with Crippen LogP contribution in [0.25, 0.3) is 6.08 Å². The number of benzene rings is 2. The third-order valence-corrected chi connectivity index (χ3v) is 4.25. The highest BCUT2D eigenvalue weighted by Crippen LogP contribution is 2.31. The number of carbonyl (C=O) groups is 1. The van der Waals surface area contributed by atoms with E-state index < -0.39 is 23.8 Å². The highest BCUT2D eigenvalue weighted by atomic mass is 19.4. The maximum Gasteiger partial charge on any atom is 0.573 e. The van der Waals surface area contributed by atoms with E-state index in [-0.39, 0.29) is 11.3 Å². The van der Waals surface area contributed by atoms with Crippen LogP contribution in [-0.2, 0) is 4.79 Å². The molecule has 1 aliphatic heterocycles. The fourth-order valence-corrected chi connectivity index (χ4v) is 3.02. The van der Waals surface area contributed by atoms with Crippen LogP contribution < -0.4 is 15.0 Å². The lowest BCUT2D eigenvalue weighted by Crippen LogP contribution is -2.21. The van der Waals surface area contributed by atoms with Crippen molar-refractivity contribution in [3.8, 4) is 5.75 Å². The van der Waals surface area contributed by atoms with Gasteiger partial charge in [-0.15, -0.1) is 13.2 Å². The molecule has 2 aromatic rings. The second kappa shape index (κ2) is 8.33. The Kier molecular flexibility index (Phi) is 5.87. The number of halogens is 4. The Morgan fingerprint density at radius 1 is 1.07 bits per heavy atom. The molecule has 0 aromatic heterocycles. The molecular weight excluding hydrogens is 376 g/mol. The Bertz CT molecular complexity index is 875. The largest absolute Gasteiger partial charge is 0.573 e. The molecule has 0 radical (unpaired) electrons. The number of alkyl halides is 3. The number of carbonyl (C=O) groups excluding carboxylic acids is 1. The van der Waals surface area contributed by atoms with Crippen LogP contribution in [0, 0.1) is 5.82 Å². The van der Waals surface area contributed by atoms with E-state index in [2.05, 4.69) is 10.1 Å². The number of rotatable bonds is 5. The minimum atomic E-state index is -4.84. The normalized spacial score (nSPS) is 14.5. The number of nitrogens with zero attached hydrogens (tertiary/aromatic N) is 1. The van der Waals surface area contributed by atoms with Gasteiger partial charge < -0.3 is 15.0 Å². The van der Waals surface area contributed by atoms with Crippen molar-refractivity contribution in [3.63, 3.8) is 0 Å². The molecule has 0 atom stereocenters. The molecule has 0 aliphatic carbocycles. The van der Waals surface area contributed by atoms with Gasteiger partial charge in [-0.05, 0) is 37.1 Å². The minimum Gasteiger partial charge on any atom is -0.405 e. The van der Waals surface area contributed by atoms with E-state index in [0.29, 0.717) is 5.69 Å². The number of nitrogens with one attached hydrogen (secondary N) is 1. The highest BCUT2D eigenvalue weighted by molar-refractivity contribution is 6.04. The van der Waals surface area contributed by atoms with Crippen molar-refractivity contribution in [1.82, 2.24) is 0 Å². The van der Waals surface area contributed by atoms with Crippen LogP contribution in [-0.4, -0.2) is 25.4 Å². The average molecular weight is 394 g/mol. The summed E-state index contributed by atoms with van der Waals surface area (Å²) in [4.78, 5) is 14.2. The molecule has 1 heterocycles. The molecular formula is C20H18F4N2O2. The number of ether oxygens (including phenoxy) is 1. The lowest BCUT2D eigenvalue weighted by Gasteiger charge is -2.21. The summed E-state index contributed by atoms with van der Waals surface area (Å²) in [7, 11) is 0. The van der Waals surface area contributed by atoms with Crippen LogP contribution in [0.3, 0.4) is 0 Å². The summed E-state index contributed by atoms with van der Waals surface area (Å²) in [5, 5.41) is 2.49. The first-order valence-electron chi connectivity index (χ1n) is 8.71. The molecule has 0 saturated carbocycles. The zero-order chi connectivity index (χ0) is 20.1. The van der Waals surface area contributed by atoms with E-state index in [9.17, 15) is 22.4 Å².